The van der Waals surface area contributed by atoms with Crippen LogP contribution in [0.15, 0.2) is 24.3 Å². The number of aromatic hydroxyl groups is 1. The number of carbonyl (C=O) groups excluding carboxylic acids is 2. The van der Waals surface area contributed by atoms with E-state index in [1.807, 2.05) is 7.05 Å². The lowest BCUT2D eigenvalue weighted by atomic mass is 9.96. The van der Waals surface area contributed by atoms with Crippen molar-refractivity contribution in [3.05, 3.63) is 29.8 Å². The van der Waals surface area contributed by atoms with Crippen molar-refractivity contribution in [2.75, 3.05) is 33.2 Å². The molecule has 1 amide bonds. The van der Waals surface area contributed by atoms with E-state index >= 15 is 0 Å². The molecule has 1 aliphatic heterocycles. The van der Waals surface area contributed by atoms with Crippen LogP contribution < -0.4 is 0 Å². The number of aldehydes is 1. The third kappa shape index (κ3) is 3.57. The Morgan fingerprint density at radius 3 is 2.65 bits per heavy atom. The third-order valence-electron chi connectivity index (χ3n) is 3.71. The minimum atomic E-state index is -0.491. The van der Waals surface area contributed by atoms with Crippen LogP contribution in [0.5, 0.6) is 5.75 Å². The number of hydrogen-bond donors (Lipinski definition) is 1. The first-order valence-corrected chi connectivity index (χ1v) is 6.80. The fraction of sp³-hybridized carbons (Fsp3) is 0.467. The maximum Gasteiger partial charge on any atom is 0.223 e. The van der Waals surface area contributed by atoms with E-state index in [0.717, 1.165) is 19.4 Å². The van der Waals surface area contributed by atoms with Gasteiger partial charge in [-0.15, -0.1) is 0 Å². The van der Waals surface area contributed by atoms with Gasteiger partial charge in [0.25, 0.3) is 0 Å². The van der Waals surface area contributed by atoms with Gasteiger partial charge in [0.1, 0.15) is 12.0 Å². The van der Waals surface area contributed by atoms with Crippen LogP contribution in [0.1, 0.15) is 17.9 Å². The van der Waals surface area contributed by atoms with Crippen molar-refractivity contribution < 1.29 is 14.7 Å². The number of carbonyl (C=O) groups is 2. The van der Waals surface area contributed by atoms with E-state index in [4.69, 9.17) is 0 Å². The van der Waals surface area contributed by atoms with Gasteiger partial charge >= 0.3 is 0 Å². The fourth-order valence-corrected chi connectivity index (χ4v) is 2.37. The second-order valence-corrected chi connectivity index (χ2v) is 5.23. The highest BCUT2D eigenvalue weighted by Crippen LogP contribution is 2.22. The highest BCUT2D eigenvalue weighted by Gasteiger charge is 2.23. The van der Waals surface area contributed by atoms with Crippen LogP contribution in [0, 0.1) is 0 Å². The number of phenolic OH excluding ortho intramolecular Hbond substituents is 1. The summed E-state index contributed by atoms with van der Waals surface area (Å²) in [5.74, 6) is -0.380. The first-order valence-electron chi connectivity index (χ1n) is 6.80. The van der Waals surface area contributed by atoms with Crippen molar-refractivity contribution in [1.82, 2.24) is 9.80 Å². The van der Waals surface area contributed by atoms with Crippen LogP contribution in [0.25, 0.3) is 0 Å². The predicted octanol–water partition coefficient (Wildman–Crippen LogP) is 0.839. The van der Waals surface area contributed by atoms with E-state index in [2.05, 4.69) is 4.90 Å². The van der Waals surface area contributed by atoms with Crippen molar-refractivity contribution >= 4 is 12.2 Å². The van der Waals surface area contributed by atoms with Crippen molar-refractivity contribution in [2.45, 2.75) is 12.3 Å². The average molecular weight is 276 g/mol. The lowest BCUT2D eigenvalue weighted by Crippen LogP contribution is -2.47. The molecule has 1 fully saturated rings. The van der Waals surface area contributed by atoms with E-state index in [1.165, 1.54) is 6.07 Å². The van der Waals surface area contributed by atoms with Gasteiger partial charge in [0, 0.05) is 38.5 Å². The van der Waals surface area contributed by atoms with E-state index in [0.29, 0.717) is 18.7 Å². The molecule has 1 unspecified atom stereocenters. The summed E-state index contributed by atoms with van der Waals surface area (Å²) in [6, 6.07) is 6.53. The minimum Gasteiger partial charge on any atom is -0.508 e. The van der Waals surface area contributed by atoms with E-state index in [9.17, 15) is 14.7 Å². The minimum absolute atomic E-state index is 0.00135. The Morgan fingerprint density at radius 2 is 2.05 bits per heavy atom. The van der Waals surface area contributed by atoms with Crippen LogP contribution in [0.2, 0.25) is 0 Å². The zero-order valence-corrected chi connectivity index (χ0v) is 11.7. The summed E-state index contributed by atoms with van der Waals surface area (Å²) in [7, 11) is 2.03. The predicted molar refractivity (Wildman–Crippen MR) is 75.6 cm³/mol. The van der Waals surface area contributed by atoms with Gasteiger partial charge in [0.05, 0.1) is 0 Å². The molecule has 1 atom stereocenters. The van der Waals surface area contributed by atoms with E-state index < -0.39 is 5.92 Å². The molecule has 2 rings (SSSR count). The molecular weight excluding hydrogens is 256 g/mol. The number of benzene rings is 1. The summed E-state index contributed by atoms with van der Waals surface area (Å²) in [4.78, 5) is 27.4. The Labute approximate surface area is 118 Å². The molecule has 0 aliphatic carbocycles. The van der Waals surface area contributed by atoms with Gasteiger partial charge in [-0.2, -0.15) is 0 Å². The van der Waals surface area contributed by atoms with E-state index in [1.54, 1.807) is 23.1 Å². The zero-order chi connectivity index (χ0) is 14.5. The molecule has 1 N–H and O–H groups in total. The van der Waals surface area contributed by atoms with Crippen LogP contribution in [0.3, 0.4) is 0 Å². The van der Waals surface area contributed by atoms with Gasteiger partial charge < -0.3 is 19.7 Å². The molecule has 0 aromatic heterocycles. The van der Waals surface area contributed by atoms with Gasteiger partial charge in [-0.1, -0.05) is 12.1 Å². The number of likely N-dealkylation sites (N-methyl/N-ethyl adjacent to an activating group) is 1. The lowest BCUT2D eigenvalue weighted by Gasteiger charge is -2.33. The summed E-state index contributed by atoms with van der Waals surface area (Å²) in [5.41, 5.74) is 0.683. The monoisotopic (exact) mass is 276 g/mol. The molecule has 0 spiro atoms. The maximum atomic E-state index is 12.2. The molecular formula is C15H20N2O3. The topological polar surface area (TPSA) is 60.9 Å². The molecule has 0 radical (unpaired) electrons. The van der Waals surface area contributed by atoms with Crippen LogP contribution in [-0.2, 0) is 9.59 Å². The van der Waals surface area contributed by atoms with Crippen molar-refractivity contribution in [2.24, 2.45) is 0 Å². The number of amides is 1. The third-order valence-corrected chi connectivity index (χ3v) is 3.71. The molecule has 1 saturated heterocycles. The van der Waals surface area contributed by atoms with Gasteiger partial charge in [0.2, 0.25) is 5.91 Å². The first kappa shape index (κ1) is 14.5. The first-order chi connectivity index (χ1) is 9.60. The molecule has 5 nitrogen and oxygen atoms in total. The summed E-state index contributed by atoms with van der Waals surface area (Å²) in [5, 5.41) is 9.45. The second-order valence-electron chi connectivity index (χ2n) is 5.23. The fourth-order valence-electron chi connectivity index (χ4n) is 2.37. The van der Waals surface area contributed by atoms with Crippen molar-refractivity contribution in [3.63, 3.8) is 0 Å². The maximum absolute atomic E-state index is 12.2. The summed E-state index contributed by atoms with van der Waals surface area (Å²) in [6.45, 7) is 3.15. The summed E-state index contributed by atoms with van der Waals surface area (Å²) in [6.07, 6.45) is 0.944. The SMILES string of the molecule is CN1CCN(C(=O)CC(C=O)c2cccc(O)c2)CC1. The molecule has 1 aromatic carbocycles. The standard InChI is InChI=1S/C15H20N2O3/c1-16-5-7-17(8-6-16)15(20)10-13(11-18)12-3-2-4-14(19)9-12/h2-4,9,11,13,19H,5-8,10H2,1H3. The number of piperazine rings is 1. The molecule has 1 heterocycles. The molecule has 20 heavy (non-hydrogen) atoms. The summed E-state index contributed by atoms with van der Waals surface area (Å²) < 4.78 is 0. The summed E-state index contributed by atoms with van der Waals surface area (Å²) >= 11 is 0. The Morgan fingerprint density at radius 1 is 1.35 bits per heavy atom. The molecule has 1 aliphatic rings. The second kappa shape index (κ2) is 6.52. The van der Waals surface area contributed by atoms with Crippen LogP contribution in [0.4, 0.5) is 0 Å². The molecule has 0 saturated carbocycles. The highest BCUT2D eigenvalue weighted by molar-refractivity contribution is 5.81. The quantitative estimate of drug-likeness (QED) is 0.828. The van der Waals surface area contributed by atoms with E-state index in [-0.39, 0.29) is 18.1 Å². The average Bonchev–Trinajstić information content (AvgIpc) is 2.45. The van der Waals surface area contributed by atoms with Crippen molar-refractivity contribution in [1.29, 1.82) is 0 Å². The van der Waals surface area contributed by atoms with Gasteiger partial charge in [-0.05, 0) is 24.7 Å². The van der Waals surface area contributed by atoms with Gasteiger partial charge in [-0.3, -0.25) is 4.79 Å². The van der Waals surface area contributed by atoms with Crippen LogP contribution >= 0.6 is 0 Å². The number of rotatable bonds is 4. The Kier molecular flexibility index (Phi) is 4.74. The molecule has 5 heteroatoms. The Hall–Kier alpha value is -1.88. The molecule has 108 valence electrons. The number of nitrogens with zero attached hydrogens (tertiary/aromatic N) is 2. The van der Waals surface area contributed by atoms with Crippen molar-refractivity contribution in [3.8, 4) is 5.75 Å². The Balaban J connectivity index is 1.99. The van der Waals surface area contributed by atoms with Gasteiger partial charge in [0.15, 0.2) is 0 Å². The normalized spacial score (nSPS) is 17.8. The Bertz CT molecular complexity index is 482. The number of phenols is 1. The molecule has 0 bridgehead atoms. The largest absolute Gasteiger partial charge is 0.508 e. The lowest BCUT2D eigenvalue weighted by molar-refractivity contribution is -0.134. The smallest absolute Gasteiger partial charge is 0.223 e. The van der Waals surface area contributed by atoms with Crippen LogP contribution in [-0.4, -0.2) is 60.3 Å². The highest BCUT2D eigenvalue weighted by atomic mass is 16.3. The molecule has 1 aromatic rings. The zero-order valence-electron chi connectivity index (χ0n) is 11.7. The number of hydrogen-bond acceptors (Lipinski definition) is 4. The van der Waals surface area contributed by atoms with Gasteiger partial charge in [-0.25, -0.2) is 0 Å².